The molecule has 0 unspecified atom stereocenters. The zero-order chi connectivity index (χ0) is 35.5. The van der Waals surface area contributed by atoms with Gasteiger partial charge in [0.15, 0.2) is 0 Å². The van der Waals surface area contributed by atoms with Crippen molar-refractivity contribution in [1.29, 1.82) is 0 Å². The summed E-state index contributed by atoms with van der Waals surface area (Å²) in [6.45, 7) is 16.6. The number of quaternary nitrogens is 2. The Kier molecular flexibility index (Phi) is 39.4. The molecule has 2 saturated heterocycles. The molecule has 0 aromatic rings. The van der Waals surface area contributed by atoms with Crippen LogP contribution >= 0.6 is 0 Å². The first-order valence-electron chi connectivity index (χ1n) is 24.4. The summed E-state index contributed by atoms with van der Waals surface area (Å²) in [4.78, 5) is 0. The molecule has 0 spiro atoms. The van der Waals surface area contributed by atoms with Gasteiger partial charge in [-0.15, -0.1) is 0 Å². The molecule has 52 heavy (non-hydrogen) atoms. The van der Waals surface area contributed by atoms with Gasteiger partial charge in [0, 0.05) is 25.7 Å². The van der Waals surface area contributed by atoms with E-state index in [1.54, 1.807) is 0 Å². The van der Waals surface area contributed by atoms with Gasteiger partial charge in [-0.3, -0.25) is 0 Å². The third-order valence-corrected chi connectivity index (χ3v) is 13.5. The molecule has 2 rings (SSSR count). The van der Waals surface area contributed by atoms with E-state index in [-0.39, 0.29) is 34.0 Å². The number of unbranched alkanes of at least 4 members (excludes halogenated alkanes) is 31. The van der Waals surface area contributed by atoms with Gasteiger partial charge in [0.1, 0.15) is 0 Å². The molecule has 0 aromatic heterocycles. The quantitative estimate of drug-likeness (QED) is 0.0427. The standard InChI is InChI=1S/C48H98N2.2BrH/c1-3-5-7-9-11-13-21-25-29-33-41-49(45-37-38-46-49)43-35-31-27-23-19-17-15-16-18-20-24-28-32-36-44-50(47-39-40-48-50)42-34-30-26-22-14-12-10-8-6-4-2;;/h3-48H2,1-2H3;2*1H/q+2;;/p-2. The van der Waals surface area contributed by atoms with Gasteiger partial charge in [-0.05, 0) is 51.4 Å². The van der Waals surface area contributed by atoms with E-state index >= 15 is 0 Å². The number of halogens is 2. The summed E-state index contributed by atoms with van der Waals surface area (Å²) in [5.74, 6) is 0. The van der Waals surface area contributed by atoms with Gasteiger partial charge in [-0.2, -0.15) is 0 Å². The zero-order valence-electron chi connectivity index (χ0n) is 36.2. The largest absolute Gasteiger partial charge is 1.00 e. The Labute approximate surface area is 351 Å². The first kappa shape index (κ1) is 52.9. The van der Waals surface area contributed by atoms with Gasteiger partial charge >= 0.3 is 0 Å². The van der Waals surface area contributed by atoms with E-state index in [9.17, 15) is 0 Å². The average Bonchev–Trinajstić information content (AvgIpc) is 3.80. The molecule has 0 aliphatic carbocycles. The van der Waals surface area contributed by atoms with E-state index in [4.69, 9.17) is 0 Å². The van der Waals surface area contributed by atoms with Crippen LogP contribution in [0.4, 0.5) is 0 Å². The Hall–Kier alpha value is 0.880. The van der Waals surface area contributed by atoms with Gasteiger partial charge in [0.05, 0.1) is 52.4 Å². The first-order chi connectivity index (χ1) is 24.7. The number of likely N-dealkylation sites (tertiary alicyclic amines) is 2. The van der Waals surface area contributed by atoms with Gasteiger partial charge in [0.25, 0.3) is 0 Å². The maximum Gasteiger partial charge on any atom is 0.0788 e. The van der Waals surface area contributed by atoms with Crippen LogP contribution in [0.15, 0.2) is 0 Å². The van der Waals surface area contributed by atoms with Crippen LogP contribution in [0.2, 0.25) is 0 Å². The van der Waals surface area contributed by atoms with E-state index < -0.39 is 0 Å². The fraction of sp³-hybridized carbons (Fsp3) is 1.00. The Balaban J connectivity index is 0.0000130. The Morgan fingerprint density at radius 2 is 0.385 bits per heavy atom. The van der Waals surface area contributed by atoms with Gasteiger partial charge in [-0.25, -0.2) is 0 Å². The molecule has 2 fully saturated rings. The first-order valence-corrected chi connectivity index (χ1v) is 24.4. The molecule has 2 nitrogen and oxygen atoms in total. The van der Waals surface area contributed by atoms with E-state index in [1.165, 1.54) is 305 Å². The van der Waals surface area contributed by atoms with Crippen molar-refractivity contribution < 1.29 is 42.9 Å². The second kappa shape index (κ2) is 38.7. The number of nitrogens with zero attached hydrogens (tertiary/aromatic N) is 2. The molecule has 0 radical (unpaired) electrons. The molecule has 2 aliphatic rings. The Morgan fingerprint density at radius 1 is 0.231 bits per heavy atom. The lowest BCUT2D eigenvalue weighted by molar-refractivity contribution is -0.917. The highest BCUT2D eigenvalue weighted by molar-refractivity contribution is 4.59. The minimum atomic E-state index is 0. The van der Waals surface area contributed by atoms with Crippen molar-refractivity contribution in [2.24, 2.45) is 0 Å². The molecule has 2 heterocycles. The van der Waals surface area contributed by atoms with Crippen molar-refractivity contribution in [3.8, 4) is 0 Å². The van der Waals surface area contributed by atoms with Crippen LogP contribution in [0.25, 0.3) is 0 Å². The topological polar surface area (TPSA) is 0 Å². The minimum absolute atomic E-state index is 0. The highest BCUT2D eigenvalue weighted by Gasteiger charge is 2.31. The van der Waals surface area contributed by atoms with Crippen LogP contribution in [-0.4, -0.2) is 61.3 Å². The fourth-order valence-corrected chi connectivity index (χ4v) is 10.0. The number of hydrogen-bond donors (Lipinski definition) is 0. The molecule has 2 aliphatic heterocycles. The van der Waals surface area contributed by atoms with Crippen molar-refractivity contribution in [3.05, 3.63) is 0 Å². The van der Waals surface area contributed by atoms with Crippen molar-refractivity contribution in [3.63, 3.8) is 0 Å². The highest BCUT2D eigenvalue weighted by Crippen LogP contribution is 2.25. The maximum absolute atomic E-state index is 2.32. The van der Waals surface area contributed by atoms with Crippen molar-refractivity contribution in [2.75, 3.05) is 52.4 Å². The molecule has 0 saturated carbocycles. The van der Waals surface area contributed by atoms with Crippen LogP contribution in [0.3, 0.4) is 0 Å². The van der Waals surface area contributed by atoms with Crippen LogP contribution < -0.4 is 34.0 Å². The summed E-state index contributed by atoms with van der Waals surface area (Å²) in [6, 6.07) is 0. The monoisotopic (exact) mass is 861 g/mol. The second-order valence-corrected chi connectivity index (χ2v) is 18.2. The average molecular weight is 863 g/mol. The maximum atomic E-state index is 2.32. The molecule has 0 N–H and O–H groups in total. The summed E-state index contributed by atoms with van der Waals surface area (Å²) in [7, 11) is 0. The molecule has 0 bridgehead atoms. The van der Waals surface area contributed by atoms with Crippen molar-refractivity contribution in [1.82, 2.24) is 0 Å². The summed E-state index contributed by atoms with van der Waals surface area (Å²) in [6.07, 6.45) is 56.4. The smallest absolute Gasteiger partial charge is 0.0788 e. The number of rotatable bonds is 39. The molecule has 0 amide bonds. The summed E-state index contributed by atoms with van der Waals surface area (Å²) in [5, 5.41) is 0. The summed E-state index contributed by atoms with van der Waals surface area (Å²) in [5.41, 5.74) is 0. The van der Waals surface area contributed by atoms with Crippen molar-refractivity contribution in [2.45, 2.75) is 258 Å². The molecular formula is C48H98Br2N2. The second-order valence-electron chi connectivity index (χ2n) is 18.2. The molecule has 314 valence electrons. The van der Waals surface area contributed by atoms with E-state index in [0.717, 1.165) is 0 Å². The molecule has 4 heteroatoms. The Morgan fingerprint density at radius 3 is 0.558 bits per heavy atom. The Bertz CT molecular complexity index is 630. The highest BCUT2D eigenvalue weighted by atomic mass is 79.9. The summed E-state index contributed by atoms with van der Waals surface area (Å²) >= 11 is 0. The number of hydrogen-bond acceptors (Lipinski definition) is 0. The lowest BCUT2D eigenvalue weighted by atomic mass is 10.0. The lowest BCUT2D eigenvalue weighted by Gasteiger charge is -2.34. The SMILES string of the molecule is CCCCCCCCCCCC[N+]1(CCCCCCCCCCCCCCCC[N+]2(CCCCCCCCCCCC)CCCC2)CCCC1.[Br-].[Br-]. The van der Waals surface area contributed by atoms with Gasteiger partial charge in [0.2, 0.25) is 0 Å². The van der Waals surface area contributed by atoms with Gasteiger partial charge < -0.3 is 42.9 Å². The van der Waals surface area contributed by atoms with Crippen LogP contribution in [-0.2, 0) is 0 Å². The van der Waals surface area contributed by atoms with Crippen LogP contribution in [0.1, 0.15) is 258 Å². The minimum Gasteiger partial charge on any atom is -1.00 e. The van der Waals surface area contributed by atoms with Crippen LogP contribution in [0.5, 0.6) is 0 Å². The molecule has 0 aromatic carbocycles. The van der Waals surface area contributed by atoms with Gasteiger partial charge in [-0.1, -0.05) is 181 Å². The fourth-order valence-electron chi connectivity index (χ4n) is 10.0. The predicted octanol–water partition coefficient (Wildman–Crippen LogP) is 9.52. The summed E-state index contributed by atoms with van der Waals surface area (Å²) < 4.78 is 2.99. The molecular weight excluding hydrogens is 764 g/mol. The normalized spacial score (nSPS) is 16.3. The lowest BCUT2D eigenvalue weighted by Crippen LogP contribution is -3.00. The van der Waals surface area contributed by atoms with Crippen LogP contribution in [0, 0.1) is 0 Å². The predicted molar refractivity (Wildman–Crippen MR) is 226 cm³/mol. The zero-order valence-corrected chi connectivity index (χ0v) is 39.3. The molecule has 0 atom stereocenters. The third-order valence-electron chi connectivity index (χ3n) is 13.5. The van der Waals surface area contributed by atoms with Crippen molar-refractivity contribution >= 4 is 0 Å². The van der Waals surface area contributed by atoms with E-state index in [2.05, 4.69) is 13.8 Å². The van der Waals surface area contributed by atoms with E-state index in [1.807, 2.05) is 0 Å². The third kappa shape index (κ3) is 29.2. The van der Waals surface area contributed by atoms with E-state index in [0.29, 0.717) is 0 Å².